The second kappa shape index (κ2) is 3.92. The number of rotatable bonds is 2. The molecule has 0 atom stereocenters. The summed E-state index contributed by atoms with van der Waals surface area (Å²) in [5, 5.41) is 0.216. The van der Waals surface area contributed by atoms with Crippen LogP contribution in [0, 0.1) is 6.92 Å². The van der Waals surface area contributed by atoms with Gasteiger partial charge in [0.25, 0.3) is 0 Å². The number of anilines is 1. The fraction of sp³-hybridized carbons (Fsp3) is 0. The standard InChI is InChI=1S/C8H10N3S/c1-6-2-4-7(5-3-6)10-11-8(9)12/h2-5,10H,1H2,(H3,9,11,12). The summed E-state index contributed by atoms with van der Waals surface area (Å²) in [6, 6.07) is 7.55. The lowest BCUT2D eigenvalue weighted by Crippen LogP contribution is -2.33. The molecule has 1 rings (SSSR count). The fourth-order valence-corrected chi connectivity index (χ4v) is 0.773. The summed E-state index contributed by atoms with van der Waals surface area (Å²) in [5.41, 5.74) is 12.5. The third kappa shape index (κ3) is 2.75. The molecule has 3 nitrogen and oxygen atoms in total. The van der Waals surface area contributed by atoms with Crippen molar-refractivity contribution < 1.29 is 0 Å². The van der Waals surface area contributed by atoms with Gasteiger partial charge in [0.2, 0.25) is 0 Å². The van der Waals surface area contributed by atoms with Crippen molar-refractivity contribution in [3.05, 3.63) is 36.8 Å². The molecule has 4 heteroatoms. The lowest BCUT2D eigenvalue weighted by molar-refractivity contribution is 1.13. The highest BCUT2D eigenvalue weighted by atomic mass is 32.1. The molecule has 0 bridgehead atoms. The van der Waals surface area contributed by atoms with Crippen LogP contribution in [-0.4, -0.2) is 5.11 Å². The van der Waals surface area contributed by atoms with E-state index in [0.717, 1.165) is 11.3 Å². The lowest BCUT2D eigenvalue weighted by atomic mass is 10.2. The highest BCUT2D eigenvalue weighted by Gasteiger charge is 1.89. The summed E-state index contributed by atoms with van der Waals surface area (Å²) in [6.07, 6.45) is 0. The first-order valence-corrected chi connectivity index (χ1v) is 3.83. The van der Waals surface area contributed by atoms with E-state index >= 15 is 0 Å². The molecule has 12 heavy (non-hydrogen) atoms. The van der Waals surface area contributed by atoms with E-state index < -0.39 is 0 Å². The molecule has 0 heterocycles. The quantitative estimate of drug-likeness (QED) is 0.470. The first-order chi connectivity index (χ1) is 5.68. The van der Waals surface area contributed by atoms with E-state index in [-0.39, 0.29) is 5.11 Å². The van der Waals surface area contributed by atoms with Gasteiger partial charge < -0.3 is 5.73 Å². The highest BCUT2D eigenvalue weighted by Crippen LogP contribution is 2.06. The molecule has 0 unspecified atom stereocenters. The van der Waals surface area contributed by atoms with Gasteiger partial charge in [0, 0.05) is 0 Å². The third-order valence-corrected chi connectivity index (χ3v) is 1.39. The predicted molar refractivity (Wildman–Crippen MR) is 54.4 cm³/mol. The smallest absolute Gasteiger partial charge is 0.182 e. The minimum absolute atomic E-state index is 0.216. The maximum Gasteiger partial charge on any atom is 0.182 e. The largest absolute Gasteiger partial charge is 0.375 e. The summed E-state index contributed by atoms with van der Waals surface area (Å²) < 4.78 is 0. The molecular formula is C8H10N3S. The van der Waals surface area contributed by atoms with E-state index in [0.29, 0.717) is 0 Å². The Morgan fingerprint density at radius 2 is 1.92 bits per heavy atom. The van der Waals surface area contributed by atoms with Crippen LogP contribution < -0.4 is 16.6 Å². The zero-order chi connectivity index (χ0) is 8.97. The molecule has 0 aliphatic carbocycles. The Kier molecular flexibility index (Phi) is 2.88. The number of nitrogens with two attached hydrogens (primary N) is 1. The van der Waals surface area contributed by atoms with Crippen LogP contribution >= 0.6 is 12.2 Å². The van der Waals surface area contributed by atoms with E-state index in [9.17, 15) is 0 Å². The Labute approximate surface area is 76.9 Å². The topological polar surface area (TPSA) is 50.1 Å². The van der Waals surface area contributed by atoms with E-state index in [2.05, 4.69) is 30.0 Å². The normalized spacial score (nSPS) is 9.08. The molecule has 0 fully saturated rings. The van der Waals surface area contributed by atoms with Crippen LogP contribution in [0.3, 0.4) is 0 Å². The second-order valence-corrected chi connectivity index (χ2v) is 2.75. The summed E-state index contributed by atoms with van der Waals surface area (Å²) >= 11 is 4.61. The van der Waals surface area contributed by atoms with Gasteiger partial charge in [-0.1, -0.05) is 12.1 Å². The molecule has 0 amide bonds. The van der Waals surface area contributed by atoms with Gasteiger partial charge in [-0.15, -0.1) is 0 Å². The van der Waals surface area contributed by atoms with Crippen molar-refractivity contribution in [2.45, 2.75) is 0 Å². The molecular weight excluding hydrogens is 170 g/mol. The van der Waals surface area contributed by atoms with Crippen molar-refractivity contribution in [3.63, 3.8) is 0 Å². The van der Waals surface area contributed by atoms with Crippen LogP contribution in [0.25, 0.3) is 0 Å². The number of hydrogen-bond acceptors (Lipinski definition) is 2. The molecule has 0 saturated carbocycles. The van der Waals surface area contributed by atoms with Gasteiger partial charge in [-0.3, -0.25) is 10.9 Å². The highest BCUT2D eigenvalue weighted by molar-refractivity contribution is 7.80. The maximum absolute atomic E-state index is 5.22. The fourth-order valence-electron chi connectivity index (χ4n) is 0.722. The monoisotopic (exact) mass is 180 g/mol. The molecule has 0 aliphatic heterocycles. The van der Waals surface area contributed by atoms with E-state index in [4.69, 9.17) is 5.73 Å². The first-order valence-electron chi connectivity index (χ1n) is 3.42. The van der Waals surface area contributed by atoms with Crippen LogP contribution in [0.4, 0.5) is 5.69 Å². The van der Waals surface area contributed by atoms with Crippen molar-refractivity contribution in [1.82, 2.24) is 5.43 Å². The summed E-state index contributed by atoms with van der Waals surface area (Å²) in [4.78, 5) is 0. The molecule has 1 aromatic rings. The minimum atomic E-state index is 0.216. The van der Waals surface area contributed by atoms with Crippen LogP contribution in [0.15, 0.2) is 24.3 Å². The summed E-state index contributed by atoms with van der Waals surface area (Å²) in [5.74, 6) is 0. The molecule has 1 aromatic carbocycles. The average Bonchev–Trinajstić information content (AvgIpc) is 2.03. The van der Waals surface area contributed by atoms with Crippen molar-refractivity contribution >= 4 is 23.0 Å². The van der Waals surface area contributed by atoms with Gasteiger partial charge >= 0.3 is 0 Å². The van der Waals surface area contributed by atoms with Crippen molar-refractivity contribution in [2.24, 2.45) is 5.73 Å². The van der Waals surface area contributed by atoms with Crippen molar-refractivity contribution in [3.8, 4) is 0 Å². The van der Waals surface area contributed by atoms with Gasteiger partial charge in [-0.2, -0.15) is 0 Å². The number of hydrogen-bond donors (Lipinski definition) is 3. The maximum atomic E-state index is 5.22. The molecule has 0 aromatic heterocycles. The molecule has 4 N–H and O–H groups in total. The Hall–Kier alpha value is -1.29. The minimum Gasteiger partial charge on any atom is -0.375 e. The number of hydrazine groups is 1. The van der Waals surface area contributed by atoms with Gasteiger partial charge in [-0.25, -0.2) is 0 Å². The van der Waals surface area contributed by atoms with Gasteiger partial charge in [0.15, 0.2) is 5.11 Å². The second-order valence-electron chi connectivity index (χ2n) is 2.31. The Morgan fingerprint density at radius 3 is 2.42 bits per heavy atom. The Bertz CT molecular complexity index is 268. The van der Waals surface area contributed by atoms with Crippen molar-refractivity contribution in [2.75, 3.05) is 5.43 Å². The summed E-state index contributed by atoms with van der Waals surface area (Å²) in [7, 11) is 0. The van der Waals surface area contributed by atoms with Gasteiger partial charge in [0.1, 0.15) is 0 Å². The van der Waals surface area contributed by atoms with Crippen LogP contribution in [-0.2, 0) is 0 Å². The van der Waals surface area contributed by atoms with Crippen molar-refractivity contribution in [1.29, 1.82) is 0 Å². The molecule has 0 spiro atoms. The molecule has 63 valence electrons. The Balaban J connectivity index is 2.53. The Morgan fingerprint density at radius 1 is 1.33 bits per heavy atom. The van der Waals surface area contributed by atoms with Crippen LogP contribution in [0.5, 0.6) is 0 Å². The SMILES string of the molecule is [CH2]c1ccc(NNC(N)=S)cc1. The number of benzene rings is 1. The summed E-state index contributed by atoms with van der Waals surface area (Å²) in [6.45, 7) is 3.76. The van der Waals surface area contributed by atoms with Crippen LogP contribution in [0.2, 0.25) is 0 Å². The lowest BCUT2D eigenvalue weighted by Gasteiger charge is -2.06. The average molecular weight is 180 g/mol. The van der Waals surface area contributed by atoms with Crippen LogP contribution in [0.1, 0.15) is 5.56 Å². The molecule has 0 aliphatic rings. The van der Waals surface area contributed by atoms with E-state index in [1.54, 1.807) is 0 Å². The zero-order valence-corrected chi connectivity index (χ0v) is 7.32. The first kappa shape index (κ1) is 8.80. The van der Waals surface area contributed by atoms with E-state index in [1.807, 2.05) is 24.3 Å². The molecule has 1 radical (unpaired) electrons. The molecule has 0 saturated heterocycles. The van der Waals surface area contributed by atoms with Gasteiger partial charge in [0.05, 0.1) is 5.69 Å². The third-order valence-electron chi connectivity index (χ3n) is 1.28. The number of nitrogens with one attached hydrogen (secondary N) is 2. The van der Waals surface area contributed by atoms with E-state index in [1.165, 1.54) is 0 Å². The zero-order valence-electron chi connectivity index (χ0n) is 6.50. The predicted octanol–water partition coefficient (Wildman–Crippen LogP) is 1.03. The van der Waals surface area contributed by atoms with Gasteiger partial charge in [-0.05, 0) is 36.8 Å². The number of thiocarbonyl (C=S) groups is 1.